The van der Waals surface area contributed by atoms with Crippen LogP contribution in [0.3, 0.4) is 0 Å². The number of hydrogen-bond acceptors (Lipinski definition) is 4. The van der Waals surface area contributed by atoms with Crippen LogP contribution in [-0.2, 0) is 0 Å². The van der Waals surface area contributed by atoms with Crippen LogP contribution in [0.4, 0.5) is 0 Å². The molecule has 1 fully saturated rings. The number of likely N-dealkylation sites (tertiary alicyclic amines) is 1. The number of nitrogens with zero attached hydrogens (tertiary/aromatic N) is 1. The van der Waals surface area contributed by atoms with Crippen molar-refractivity contribution in [3.05, 3.63) is 23.8 Å². The number of carbonyl (C=O) groups is 1. The largest absolute Gasteiger partial charge is 0.497 e. The van der Waals surface area contributed by atoms with Gasteiger partial charge in [-0.3, -0.25) is 9.69 Å². The van der Waals surface area contributed by atoms with Crippen LogP contribution in [0.1, 0.15) is 43.0 Å². The van der Waals surface area contributed by atoms with Gasteiger partial charge in [0, 0.05) is 19.0 Å². The summed E-state index contributed by atoms with van der Waals surface area (Å²) >= 11 is 0. The number of carbonyl (C=O) groups excluding carboxylic acids is 1. The van der Waals surface area contributed by atoms with Gasteiger partial charge in [-0.05, 0) is 38.1 Å². The molecule has 21 heavy (non-hydrogen) atoms. The van der Waals surface area contributed by atoms with Gasteiger partial charge in [-0.2, -0.15) is 0 Å². The quantitative estimate of drug-likeness (QED) is 0.723. The second-order valence-electron chi connectivity index (χ2n) is 5.39. The molecular weight excluding hydrogens is 266 g/mol. The van der Waals surface area contributed by atoms with E-state index < -0.39 is 0 Å². The maximum Gasteiger partial charge on any atom is 0.166 e. The summed E-state index contributed by atoms with van der Waals surface area (Å²) in [5.74, 6) is 1.46. The lowest BCUT2D eigenvalue weighted by Gasteiger charge is -2.26. The molecule has 1 aliphatic heterocycles. The summed E-state index contributed by atoms with van der Waals surface area (Å²) in [6.07, 6.45) is 4.37. The molecule has 0 aliphatic carbocycles. The maximum atomic E-state index is 12.0. The Morgan fingerprint density at radius 1 is 1.24 bits per heavy atom. The van der Waals surface area contributed by atoms with E-state index in [4.69, 9.17) is 9.47 Å². The molecule has 4 nitrogen and oxygen atoms in total. The Kier molecular flexibility index (Phi) is 6.05. The average molecular weight is 291 g/mol. The zero-order valence-corrected chi connectivity index (χ0v) is 13.1. The highest BCUT2D eigenvalue weighted by Crippen LogP contribution is 2.26. The number of ketones is 1. The molecule has 0 aromatic heterocycles. The summed E-state index contributed by atoms with van der Waals surface area (Å²) in [5.41, 5.74) is 0.650. The number of piperidine rings is 1. The van der Waals surface area contributed by atoms with Gasteiger partial charge in [0.1, 0.15) is 18.1 Å². The van der Waals surface area contributed by atoms with Crippen LogP contribution in [0, 0.1) is 0 Å². The fourth-order valence-corrected chi connectivity index (χ4v) is 2.64. The smallest absolute Gasteiger partial charge is 0.166 e. The van der Waals surface area contributed by atoms with Gasteiger partial charge < -0.3 is 9.47 Å². The van der Waals surface area contributed by atoms with E-state index in [1.54, 1.807) is 25.3 Å². The van der Waals surface area contributed by atoms with E-state index in [1.165, 1.54) is 19.3 Å². The summed E-state index contributed by atoms with van der Waals surface area (Å²) in [6.45, 7) is 5.70. The summed E-state index contributed by atoms with van der Waals surface area (Å²) in [4.78, 5) is 14.4. The van der Waals surface area contributed by atoms with E-state index in [1.807, 2.05) is 6.92 Å². The normalized spacial score (nSPS) is 15.7. The maximum absolute atomic E-state index is 12.0. The fourth-order valence-electron chi connectivity index (χ4n) is 2.64. The Balaban J connectivity index is 1.97. The Hall–Kier alpha value is -1.55. The molecule has 4 heteroatoms. The minimum absolute atomic E-state index is 0.102. The molecule has 1 aromatic carbocycles. The third-order valence-corrected chi connectivity index (χ3v) is 3.92. The topological polar surface area (TPSA) is 38.8 Å². The Labute approximate surface area is 127 Å². The molecule has 1 heterocycles. The molecule has 1 aromatic rings. The first-order valence-electron chi connectivity index (χ1n) is 7.81. The lowest BCUT2D eigenvalue weighted by Crippen LogP contribution is -2.33. The number of rotatable bonds is 7. The number of Topliss-reactive ketones (excluding diaryl/α,β-unsaturated/α-hetero) is 1. The van der Waals surface area contributed by atoms with Crippen molar-refractivity contribution in [1.29, 1.82) is 0 Å². The van der Waals surface area contributed by atoms with Gasteiger partial charge in [-0.25, -0.2) is 0 Å². The van der Waals surface area contributed by atoms with Crippen LogP contribution in [0.15, 0.2) is 18.2 Å². The molecule has 1 aliphatic rings. The molecule has 116 valence electrons. The van der Waals surface area contributed by atoms with Crippen molar-refractivity contribution < 1.29 is 14.3 Å². The van der Waals surface area contributed by atoms with Gasteiger partial charge in [-0.1, -0.05) is 13.3 Å². The Morgan fingerprint density at radius 2 is 2.00 bits per heavy atom. The van der Waals surface area contributed by atoms with Gasteiger partial charge in [0.15, 0.2) is 5.78 Å². The van der Waals surface area contributed by atoms with Gasteiger partial charge in [0.2, 0.25) is 0 Å². The first-order chi connectivity index (χ1) is 10.2. The van der Waals surface area contributed by atoms with Crippen molar-refractivity contribution >= 4 is 5.78 Å². The van der Waals surface area contributed by atoms with Crippen LogP contribution in [-0.4, -0.2) is 44.0 Å². The number of methoxy groups -OCH3 is 1. The molecule has 2 rings (SSSR count). The van der Waals surface area contributed by atoms with E-state index in [9.17, 15) is 4.79 Å². The highest BCUT2D eigenvalue weighted by atomic mass is 16.5. The zero-order valence-electron chi connectivity index (χ0n) is 13.1. The molecule has 1 saturated heterocycles. The standard InChI is InChI=1S/C17H25NO3/c1-3-16(19)15-8-7-14(20-2)13-17(15)21-12-11-18-9-5-4-6-10-18/h7-8,13H,3-6,9-12H2,1-2H3. The molecule has 0 spiro atoms. The van der Waals surface area contributed by atoms with E-state index >= 15 is 0 Å². The Bertz CT molecular complexity index is 467. The molecule has 0 atom stereocenters. The second kappa shape index (κ2) is 8.03. The summed E-state index contributed by atoms with van der Waals surface area (Å²) in [6, 6.07) is 5.40. The zero-order chi connectivity index (χ0) is 15.1. The number of hydrogen-bond donors (Lipinski definition) is 0. The molecule has 0 saturated carbocycles. The molecule has 0 N–H and O–H groups in total. The molecular formula is C17H25NO3. The first-order valence-corrected chi connectivity index (χ1v) is 7.81. The van der Waals surface area contributed by atoms with Gasteiger partial charge >= 0.3 is 0 Å². The van der Waals surface area contributed by atoms with Gasteiger partial charge in [0.05, 0.1) is 12.7 Å². The lowest BCUT2D eigenvalue weighted by molar-refractivity contribution is 0.0983. The van der Waals surface area contributed by atoms with Crippen LogP contribution >= 0.6 is 0 Å². The van der Waals surface area contributed by atoms with Crippen LogP contribution in [0.25, 0.3) is 0 Å². The average Bonchev–Trinajstić information content (AvgIpc) is 2.55. The molecule has 0 bridgehead atoms. The van der Waals surface area contributed by atoms with Crippen molar-refractivity contribution in [2.75, 3.05) is 33.4 Å². The molecule has 0 unspecified atom stereocenters. The second-order valence-corrected chi connectivity index (χ2v) is 5.39. The lowest BCUT2D eigenvalue weighted by atomic mass is 10.1. The third-order valence-electron chi connectivity index (χ3n) is 3.92. The summed E-state index contributed by atoms with van der Waals surface area (Å²) < 4.78 is 11.1. The highest BCUT2D eigenvalue weighted by molar-refractivity contribution is 5.98. The van der Waals surface area contributed by atoms with Crippen molar-refractivity contribution in [3.63, 3.8) is 0 Å². The third kappa shape index (κ3) is 4.46. The van der Waals surface area contributed by atoms with Crippen molar-refractivity contribution in [3.8, 4) is 11.5 Å². The first kappa shape index (κ1) is 15.8. The fraction of sp³-hybridized carbons (Fsp3) is 0.588. The SMILES string of the molecule is CCC(=O)c1ccc(OC)cc1OCCN1CCCCC1. The Morgan fingerprint density at radius 3 is 2.67 bits per heavy atom. The molecule has 0 radical (unpaired) electrons. The number of benzene rings is 1. The van der Waals surface area contributed by atoms with Crippen molar-refractivity contribution in [2.45, 2.75) is 32.6 Å². The monoisotopic (exact) mass is 291 g/mol. The summed E-state index contributed by atoms with van der Waals surface area (Å²) in [7, 11) is 1.62. The van der Waals surface area contributed by atoms with Crippen molar-refractivity contribution in [2.24, 2.45) is 0 Å². The van der Waals surface area contributed by atoms with Gasteiger partial charge in [0.25, 0.3) is 0 Å². The van der Waals surface area contributed by atoms with E-state index in [-0.39, 0.29) is 5.78 Å². The minimum Gasteiger partial charge on any atom is -0.497 e. The number of ether oxygens (including phenoxy) is 2. The van der Waals surface area contributed by atoms with Crippen LogP contribution < -0.4 is 9.47 Å². The van der Waals surface area contributed by atoms with Gasteiger partial charge in [-0.15, -0.1) is 0 Å². The molecule has 0 amide bonds. The minimum atomic E-state index is 0.102. The van der Waals surface area contributed by atoms with Crippen LogP contribution in [0.5, 0.6) is 11.5 Å². The van der Waals surface area contributed by atoms with Crippen molar-refractivity contribution in [1.82, 2.24) is 4.90 Å². The highest BCUT2D eigenvalue weighted by Gasteiger charge is 2.14. The predicted octanol–water partition coefficient (Wildman–Crippen LogP) is 3.15. The van der Waals surface area contributed by atoms with E-state index in [2.05, 4.69) is 4.90 Å². The van der Waals surface area contributed by atoms with E-state index in [0.29, 0.717) is 24.3 Å². The summed E-state index contributed by atoms with van der Waals surface area (Å²) in [5, 5.41) is 0. The van der Waals surface area contributed by atoms with Crippen LogP contribution in [0.2, 0.25) is 0 Å². The predicted molar refractivity (Wildman–Crippen MR) is 83.4 cm³/mol. The van der Waals surface area contributed by atoms with E-state index in [0.717, 1.165) is 25.4 Å².